The maximum absolute atomic E-state index is 13.1. The number of unbranched alkanes of at least 4 members (excludes halogenated alkanes) is 1. The summed E-state index contributed by atoms with van der Waals surface area (Å²) in [7, 11) is 0. The fourth-order valence-corrected chi connectivity index (χ4v) is 1.95. The Morgan fingerprint density at radius 2 is 2.29 bits per heavy atom. The zero-order valence-electron chi connectivity index (χ0n) is 9.83. The third-order valence-corrected chi connectivity index (χ3v) is 3.19. The van der Waals surface area contributed by atoms with Crippen molar-refractivity contribution >= 4 is 23.4 Å². The van der Waals surface area contributed by atoms with Crippen molar-refractivity contribution in [3.05, 3.63) is 24.0 Å². The number of benzene rings is 1. The largest absolute Gasteiger partial charge is 0.396 e. The quantitative estimate of drug-likeness (QED) is 0.467. The van der Waals surface area contributed by atoms with Gasteiger partial charge in [-0.3, -0.25) is 4.79 Å². The van der Waals surface area contributed by atoms with E-state index in [1.165, 1.54) is 23.9 Å². The molecule has 0 aliphatic carbocycles. The lowest BCUT2D eigenvalue weighted by Gasteiger charge is -2.05. The lowest BCUT2D eigenvalue weighted by Crippen LogP contribution is -2.25. The molecule has 0 saturated heterocycles. The number of nitrogens with one attached hydrogen (secondary N) is 1. The number of nitrogens with two attached hydrogens (primary N) is 1. The third-order valence-electron chi connectivity index (χ3n) is 2.19. The highest BCUT2D eigenvalue weighted by Crippen LogP contribution is 2.21. The molecule has 0 spiro atoms. The summed E-state index contributed by atoms with van der Waals surface area (Å²) < 4.78 is 13.1. The molecule has 1 aromatic rings. The average molecular weight is 256 g/mol. The molecule has 5 heteroatoms. The molecule has 0 aromatic heterocycles. The van der Waals surface area contributed by atoms with Crippen LogP contribution in [0.5, 0.6) is 0 Å². The Morgan fingerprint density at radius 3 is 2.94 bits per heavy atom. The lowest BCUT2D eigenvalue weighted by molar-refractivity contribution is -0.118. The molecule has 0 bridgehead atoms. The van der Waals surface area contributed by atoms with Gasteiger partial charge in [-0.15, -0.1) is 11.8 Å². The lowest BCUT2D eigenvalue weighted by atomic mass is 10.3. The molecule has 0 radical (unpaired) electrons. The van der Waals surface area contributed by atoms with Gasteiger partial charge in [-0.25, -0.2) is 4.39 Å². The van der Waals surface area contributed by atoms with Crippen LogP contribution in [-0.4, -0.2) is 18.2 Å². The summed E-state index contributed by atoms with van der Waals surface area (Å²) in [5, 5.41) is 2.80. The Hall–Kier alpha value is -1.23. The van der Waals surface area contributed by atoms with Gasteiger partial charge in [-0.2, -0.15) is 0 Å². The van der Waals surface area contributed by atoms with Gasteiger partial charge < -0.3 is 11.1 Å². The van der Waals surface area contributed by atoms with Gasteiger partial charge in [0.05, 0.1) is 11.4 Å². The van der Waals surface area contributed by atoms with Gasteiger partial charge in [0, 0.05) is 11.4 Å². The molecule has 1 amide bonds. The Morgan fingerprint density at radius 1 is 1.53 bits per heavy atom. The van der Waals surface area contributed by atoms with Gasteiger partial charge >= 0.3 is 0 Å². The predicted molar refractivity (Wildman–Crippen MR) is 69.5 cm³/mol. The van der Waals surface area contributed by atoms with E-state index in [9.17, 15) is 9.18 Å². The number of amides is 1. The number of hydrogen-bond acceptors (Lipinski definition) is 3. The Kier molecular flexibility index (Phi) is 5.83. The second-order valence-corrected chi connectivity index (χ2v) is 4.72. The number of hydrogen-bond donors (Lipinski definition) is 2. The summed E-state index contributed by atoms with van der Waals surface area (Å²) in [4.78, 5) is 12.1. The zero-order chi connectivity index (χ0) is 12.7. The standard InChI is InChI=1S/C12H17FN2OS/c1-2-3-6-15-12(16)8-17-9-4-5-11(14)10(13)7-9/h4-5,7H,2-3,6,8,14H2,1H3,(H,15,16). The minimum atomic E-state index is -0.443. The predicted octanol–water partition coefficient (Wildman–Crippen LogP) is 2.42. The summed E-state index contributed by atoms with van der Waals surface area (Å²) in [6.07, 6.45) is 2.03. The Labute approximate surface area is 105 Å². The molecule has 3 N–H and O–H groups in total. The van der Waals surface area contributed by atoms with Crippen LogP contribution in [0.1, 0.15) is 19.8 Å². The summed E-state index contributed by atoms with van der Waals surface area (Å²) in [5.41, 5.74) is 5.49. The van der Waals surface area contributed by atoms with Crippen molar-refractivity contribution in [1.29, 1.82) is 0 Å². The first-order valence-corrected chi connectivity index (χ1v) is 6.56. The Balaban J connectivity index is 2.34. The molecular formula is C12H17FN2OS. The van der Waals surface area contributed by atoms with E-state index >= 15 is 0 Å². The zero-order valence-corrected chi connectivity index (χ0v) is 10.6. The van der Waals surface area contributed by atoms with Crippen molar-refractivity contribution in [3.63, 3.8) is 0 Å². The van der Waals surface area contributed by atoms with E-state index in [1.807, 2.05) is 0 Å². The van der Waals surface area contributed by atoms with Crippen molar-refractivity contribution in [2.24, 2.45) is 0 Å². The van der Waals surface area contributed by atoms with E-state index in [4.69, 9.17) is 5.73 Å². The van der Waals surface area contributed by atoms with Crippen LogP contribution >= 0.6 is 11.8 Å². The highest BCUT2D eigenvalue weighted by Gasteiger charge is 2.04. The van der Waals surface area contributed by atoms with Gasteiger partial charge in [-0.05, 0) is 24.6 Å². The molecule has 0 aliphatic heterocycles. The molecule has 3 nitrogen and oxygen atoms in total. The van der Waals surface area contributed by atoms with Crippen LogP contribution < -0.4 is 11.1 Å². The summed E-state index contributed by atoms with van der Waals surface area (Å²) >= 11 is 1.30. The molecule has 0 fully saturated rings. The van der Waals surface area contributed by atoms with Crippen molar-refractivity contribution in [3.8, 4) is 0 Å². The minimum Gasteiger partial charge on any atom is -0.396 e. The fourth-order valence-electron chi connectivity index (χ4n) is 1.20. The van der Waals surface area contributed by atoms with Crippen LogP contribution in [0.2, 0.25) is 0 Å². The number of halogens is 1. The molecule has 0 unspecified atom stereocenters. The third kappa shape index (κ3) is 5.08. The first kappa shape index (κ1) is 13.8. The van der Waals surface area contributed by atoms with E-state index in [0.29, 0.717) is 17.2 Å². The topological polar surface area (TPSA) is 55.1 Å². The van der Waals surface area contributed by atoms with Gasteiger partial charge in [0.25, 0.3) is 0 Å². The van der Waals surface area contributed by atoms with Crippen molar-refractivity contribution in [1.82, 2.24) is 5.32 Å². The molecular weight excluding hydrogens is 239 g/mol. The average Bonchev–Trinajstić information content (AvgIpc) is 2.31. The van der Waals surface area contributed by atoms with Crippen LogP contribution in [0, 0.1) is 5.82 Å². The van der Waals surface area contributed by atoms with E-state index < -0.39 is 5.82 Å². The van der Waals surface area contributed by atoms with E-state index in [-0.39, 0.29) is 11.6 Å². The maximum Gasteiger partial charge on any atom is 0.230 e. The number of carbonyl (C=O) groups excluding carboxylic acids is 1. The van der Waals surface area contributed by atoms with E-state index in [2.05, 4.69) is 12.2 Å². The van der Waals surface area contributed by atoms with Crippen LogP contribution in [0.4, 0.5) is 10.1 Å². The van der Waals surface area contributed by atoms with Gasteiger partial charge in [-0.1, -0.05) is 13.3 Å². The van der Waals surface area contributed by atoms with E-state index in [1.54, 1.807) is 6.07 Å². The molecule has 0 heterocycles. The Bertz CT molecular complexity index is 385. The normalized spacial score (nSPS) is 10.2. The molecule has 1 rings (SSSR count). The molecule has 0 aliphatic rings. The second-order valence-electron chi connectivity index (χ2n) is 3.68. The first-order chi connectivity index (χ1) is 8.13. The number of carbonyl (C=O) groups is 1. The van der Waals surface area contributed by atoms with Crippen molar-refractivity contribution in [2.45, 2.75) is 24.7 Å². The van der Waals surface area contributed by atoms with Crippen molar-refractivity contribution < 1.29 is 9.18 Å². The van der Waals surface area contributed by atoms with Crippen LogP contribution in [0.25, 0.3) is 0 Å². The first-order valence-electron chi connectivity index (χ1n) is 5.58. The second kappa shape index (κ2) is 7.17. The molecule has 0 atom stereocenters. The highest BCUT2D eigenvalue weighted by atomic mass is 32.2. The van der Waals surface area contributed by atoms with Crippen LogP contribution in [-0.2, 0) is 4.79 Å². The summed E-state index contributed by atoms with van der Waals surface area (Å²) in [5.74, 6) is -0.172. The van der Waals surface area contributed by atoms with Gasteiger partial charge in [0.2, 0.25) is 5.91 Å². The SMILES string of the molecule is CCCCNC(=O)CSc1ccc(N)c(F)c1. The number of rotatable bonds is 6. The fraction of sp³-hybridized carbons (Fsp3) is 0.417. The molecule has 0 saturated carbocycles. The summed E-state index contributed by atoms with van der Waals surface area (Å²) in [6, 6.07) is 4.56. The number of nitrogen functional groups attached to an aromatic ring is 1. The van der Waals surface area contributed by atoms with Crippen molar-refractivity contribution in [2.75, 3.05) is 18.0 Å². The molecule has 17 heavy (non-hydrogen) atoms. The minimum absolute atomic E-state index is 0.0271. The van der Waals surface area contributed by atoms with Gasteiger partial charge in [0.15, 0.2) is 0 Å². The van der Waals surface area contributed by atoms with Crippen LogP contribution in [0.3, 0.4) is 0 Å². The maximum atomic E-state index is 13.1. The highest BCUT2D eigenvalue weighted by molar-refractivity contribution is 8.00. The monoisotopic (exact) mass is 256 g/mol. The molecule has 1 aromatic carbocycles. The summed E-state index contributed by atoms with van der Waals surface area (Å²) in [6.45, 7) is 2.77. The van der Waals surface area contributed by atoms with E-state index in [0.717, 1.165) is 12.8 Å². The van der Waals surface area contributed by atoms with Gasteiger partial charge in [0.1, 0.15) is 5.82 Å². The van der Waals surface area contributed by atoms with Crippen LogP contribution in [0.15, 0.2) is 23.1 Å². The number of thioether (sulfide) groups is 1. The smallest absolute Gasteiger partial charge is 0.230 e. The molecule has 94 valence electrons. The number of anilines is 1.